The first-order valence-corrected chi connectivity index (χ1v) is 11.5. The Morgan fingerprint density at radius 3 is 2.47 bits per heavy atom. The fourth-order valence-electron chi connectivity index (χ4n) is 3.38. The zero-order chi connectivity index (χ0) is 22.5. The van der Waals surface area contributed by atoms with Crippen LogP contribution >= 0.6 is 23.4 Å². The number of aromatic nitrogens is 4. The average Bonchev–Trinajstić information content (AvgIpc) is 3.27. The quantitative estimate of drug-likeness (QED) is 0.393. The van der Waals surface area contributed by atoms with Crippen molar-refractivity contribution in [1.29, 1.82) is 0 Å². The predicted molar refractivity (Wildman–Crippen MR) is 127 cm³/mol. The highest BCUT2D eigenvalue weighted by molar-refractivity contribution is 7.99. The van der Waals surface area contributed by atoms with E-state index in [1.807, 2.05) is 86.6 Å². The average molecular weight is 464 g/mol. The summed E-state index contributed by atoms with van der Waals surface area (Å²) in [5.74, 6) is 0.0663. The number of aryl methyl sites for hydroxylation is 1. The Kier molecular flexibility index (Phi) is 6.87. The summed E-state index contributed by atoms with van der Waals surface area (Å²) in [7, 11) is 0. The van der Waals surface area contributed by atoms with Crippen LogP contribution in [0.5, 0.6) is 0 Å². The number of hydrogen-bond acceptors (Lipinski definition) is 5. The Morgan fingerprint density at radius 2 is 1.72 bits per heavy atom. The molecule has 0 radical (unpaired) electrons. The Labute approximate surface area is 196 Å². The fraction of sp³-hybridized carbons (Fsp3) is 0.167. The van der Waals surface area contributed by atoms with E-state index in [2.05, 4.69) is 20.8 Å². The standard InChI is InChI=1S/C24H22ClN5OS/c1-16-7-6-10-21(17(16)2)30-24(27-28-29-30)32-15-22(31)26-23(18-8-4-3-5-9-18)19-11-13-20(25)14-12-19/h3-14,23H,15H2,1-2H3,(H,26,31). The minimum Gasteiger partial charge on any atom is -0.344 e. The van der Waals surface area contributed by atoms with Gasteiger partial charge in [-0.2, -0.15) is 4.68 Å². The van der Waals surface area contributed by atoms with Gasteiger partial charge in [-0.25, -0.2) is 0 Å². The number of thioether (sulfide) groups is 1. The zero-order valence-corrected chi connectivity index (χ0v) is 19.3. The van der Waals surface area contributed by atoms with Crippen molar-refractivity contribution in [1.82, 2.24) is 25.5 Å². The maximum atomic E-state index is 12.9. The van der Waals surface area contributed by atoms with Crippen molar-refractivity contribution in [2.45, 2.75) is 25.0 Å². The van der Waals surface area contributed by atoms with E-state index in [0.29, 0.717) is 10.2 Å². The molecule has 0 aliphatic carbocycles. The van der Waals surface area contributed by atoms with Crippen molar-refractivity contribution < 1.29 is 4.79 Å². The van der Waals surface area contributed by atoms with Gasteiger partial charge in [0.2, 0.25) is 11.1 Å². The normalized spacial score (nSPS) is 11.8. The second-order valence-corrected chi connectivity index (χ2v) is 8.72. The van der Waals surface area contributed by atoms with Gasteiger partial charge in [0.25, 0.3) is 0 Å². The minimum absolute atomic E-state index is 0.116. The van der Waals surface area contributed by atoms with Crippen molar-refractivity contribution in [2.75, 3.05) is 5.75 Å². The Balaban J connectivity index is 1.50. The topological polar surface area (TPSA) is 72.7 Å². The maximum absolute atomic E-state index is 12.9. The van der Waals surface area contributed by atoms with E-state index in [-0.39, 0.29) is 17.7 Å². The van der Waals surface area contributed by atoms with Crippen LogP contribution in [0.3, 0.4) is 0 Å². The summed E-state index contributed by atoms with van der Waals surface area (Å²) in [5.41, 5.74) is 5.10. The van der Waals surface area contributed by atoms with Gasteiger partial charge in [-0.05, 0) is 64.7 Å². The second-order valence-electron chi connectivity index (χ2n) is 7.34. The summed E-state index contributed by atoms with van der Waals surface area (Å²) in [6.45, 7) is 4.08. The molecular weight excluding hydrogens is 442 g/mol. The summed E-state index contributed by atoms with van der Waals surface area (Å²) in [6.07, 6.45) is 0. The molecule has 1 heterocycles. The van der Waals surface area contributed by atoms with Crippen LogP contribution in [-0.2, 0) is 4.79 Å². The molecule has 0 aliphatic heterocycles. The molecule has 3 aromatic carbocycles. The third-order valence-electron chi connectivity index (χ3n) is 5.22. The molecule has 162 valence electrons. The second kappa shape index (κ2) is 9.97. The van der Waals surface area contributed by atoms with Crippen molar-refractivity contribution in [3.05, 3.63) is 100 Å². The van der Waals surface area contributed by atoms with E-state index >= 15 is 0 Å². The molecule has 0 saturated carbocycles. The van der Waals surface area contributed by atoms with Gasteiger partial charge in [0.15, 0.2) is 0 Å². The number of hydrogen-bond donors (Lipinski definition) is 1. The number of rotatable bonds is 7. The van der Waals surface area contributed by atoms with E-state index < -0.39 is 0 Å². The lowest BCUT2D eigenvalue weighted by atomic mass is 9.99. The van der Waals surface area contributed by atoms with Gasteiger partial charge < -0.3 is 5.32 Å². The predicted octanol–water partition coefficient (Wildman–Crippen LogP) is 4.93. The lowest BCUT2D eigenvalue weighted by Crippen LogP contribution is -2.30. The van der Waals surface area contributed by atoms with E-state index in [1.54, 1.807) is 4.68 Å². The van der Waals surface area contributed by atoms with Crippen LogP contribution in [0.4, 0.5) is 0 Å². The SMILES string of the molecule is Cc1cccc(-n2nnnc2SCC(=O)NC(c2ccccc2)c2ccc(Cl)cc2)c1C. The molecule has 0 fully saturated rings. The first-order chi connectivity index (χ1) is 15.5. The first kappa shape index (κ1) is 22.0. The lowest BCUT2D eigenvalue weighted by molar-refractivity contribution is -0.119. The van der Waals surface area contributed by atoms with Gasteiger partial charge in [0.05, 0.1) is 17.5 Å². The van der Waals surface area contributed by atoms with Gasteiger partial charge in [-0.1, -0.05) is 78.0 Å². The number of nitrogens with one attached hydrogen (secondary N) is 1. The van der Waals surface area contributed by atoms with Crippen molar-refractivity contribution in [3.63, 3.8) is 0 Å². The Morgan fingerprint density at radius 1 is 1.00 bits per heavy atom. The molecule has 1 unspecified atom stereocenters. The molecular formula is C24H22ClN5OS. The third kappa shape index (κ3) is 5.00. The summed E-state index contributed by atoms with van der Waals surface area (Å²) in [6, 6.07) is 23.1. The smallest absolute Gasteiger partial charge is 0.231 e. The number of carbonyl (C=O) groups excluding carboxylic acids is 1. The number of nitrogens with zero attached hydrogens (tertiary/aromatic N) is 4. The van der Waals surface area contributed by atoms with E-state index in [0.717, 1.165) is 27.9 Å². The van der Waals surface area contributed by atoms with Gasteiger partial charge in [-0.3, -0.25) is 4.79 Å². The monoisotopic (exact) mass is 463 g/mol. The fourth-order valence-corrected chi connectivity index (χ4v) is 4.20. The molecule has 0 aliphatic rings. The first-order valence-electron chi connectivity index (χ1n) is 10.1. The largest absolute Gasteiger partial charge is 0.344 e. The van der Waals surface area contributed by atoms with Gasteiger partial charge in [-0.15, -0.1) is 5.10 Å². The van der Waals surface area contributed by atoms with Crippen LogP contribution in [-0.4, -0.2) is 31.9 Å². The van der Waals surface area contributed by atoms with E-state index in [1.165, 1.54) is 11.8 Å². The molecule has 6 nitrogen and oxygen atoms in total. The van der Waals surface area contributed by atoms with Crippen LogP contribution < -0.4 is 5.32 Å². The van der Waals surface area contributed by atoms with Crippen LogP contribution in [0.1, 0.15) is 28.3 Å². The molecule has 0 spiro atoms. The summed E-state index contributed by atoms with van der Waals surface area (Å²) in [4.78, 5) is 12.9. The van der Waals surface area contributed by atoms with Crippen molar-refractivity contribution >= 4 is 29.3 Å². The molecule has 0 bridgehead atoms. The van der Waals surface area contributed by atoms with E-state index in [4.69, 9.17) is 11.6 Å². The number of carbonyl (C=O) groups is 1. The molecule has 32 heavy (non-hydrogen) atoms. The van der Waals surface area contributed by atoms with Crippen LogP contribution in [0.25, 0.3) is 5.69 Å². The van der Waals surface area contributed by atoms with Crippen molar-refractivity contribution in [3.8, 4) is 5.69 Å². The molecule has 1 N–H and O–H groups in total. The Hall–Kier alpha value is -3.16. The molecule has 0 saturated heterocycles. The van der Waals surface area contributed by atoms with Gasteiger partial charge >= 0.3 is 0 Å². The molecule has 4 rings (SSSR count). The zero-order valence-electron chi connectivity index (χ0n) is 17.7. The van der Waals surface area contributed by atoms with Crippen LogP contribution in [0.15, 0.2) is 78.0 Å². The highest BCUT2D eigenvalue weighted by atomic mass is 35.5. The molecule has 8 heteroatoms. The van der Waals surface area contributed by atoms with Gasteiger partial charge in [0, 0.05) is 5.02 Å². The molecule has 1 amide bonds. The molecule has 1 atom stereocenters. The van der Waals surface area contributed by atoms with Crippen LogP contribution in [0.2, 0.25) is 5.02 Å². The lowest BCUT2D eigenvalue weighted by Gasteiger charge is -2.20. The van der Waals surface area contributed by atoms with Crippen LogP contribution in [0, 0.1) is 13.8 Å². The highest BCUT2D eigenvalue weighted by Gasteiger charge is 2.19. The minimum atomic E-state index is -0.281. The number of benzene rings is 3. The number of halogens is 1. The number of tetrazole rings is 1. The summed E-state index contributed by atoms with van der Waals surface area (Å²) >= 11 is 7.35. The molecule has 4 aromatic rings. The Bertz CT molecular complexity index is 1210. The van der Waals surface area contributed by atoms with Gasteiger partial charge in [0.1, 0.15) is 0 Å². The van der Waals surface area contributed by atoms with E-state index in [9.17, 15) is 4.79 Å². The third-order valence-corrected chi connectivity index (χ3v) is 6.39. The highest BCUT2D eigenvalue weighted by Crippen LogP contribution is 2.25. The summed E-state index contributed by atoms with van der Waals surface area (Å²) in [5, 5.41) is 16.4. The summed E-state index contributed by atoms with van der Waals surface area (Å²) < 4.78 is 1.67. The van der Waals surface area contributed by atoms with Crippen molar-refractivity contribution in [2.24, 2.45) is 0 Å². The molecule has 1 aromatic heterocycles. The maximum Gasteiger partial charge on any atom is 0.231 e. The number of amides is 1.